The Labute approximate surface area is 191 Å². The first-order valence-electron chi connectivity index (χ1n) is 10.2. The Bertz CT molecular complexity index is 1100. The fourth-order valence-electron chi connectivity index (χ4n) is 3.76. The van der Waals surface area contributed by atoms with Crippen molar-refractivity contribution in [3.05, 3.63) is 58.9 Å². The fraction of sp³-hybridized carbons (Fsp3) is 0.333. The minimum absolute atomic E-state index is 0.00800. The fourth-order valence-corrected chi connectivity index (χ4v) is 3.76. The van der Waals surface area contributed by atoms with Gasteiger partial charge in [-0.05, 0) is 44.4 Å². The number of halogens is 1. The third-order valence-corrected chi connectivity index (χ3v) is 5.49. The standard InChI is InChI=1S/C24H27FN2O6/c1-26(2)10-11-27-21(16-8-7-15(31-3)13-19(16)33-5)20(23(29)24(27)30)22(28)14-6-9-18(32-4)17(25)12-14/h6-9,12-13,21,28H,10-11H2,1-5H3/b22-20+/t21-/m0/s1. The zero-order valence-corrected chi connectivity index (χ0v) is 19.2. The molecule has 0 aromatic heterocycles. The van der Waals surface area contributed by atoms with E-state index in [1.54, 1.807) is 18.2 Å². The molecule has 8 nitrogen and oxygen atoms in total. The number of aliphatic hydroxyl groups excluding tert-OH is 1. The summed E-state index contributed by atoms with van der Waals surface area (Å²) in [4.78, 5) is 29.3. The number of carbonyl (C=O) groups is 2. The van der Waals surface area contributed by atoms with E-state index in [4.69, 9.17) is 14.2 Å². The predicted octanol–water partition coefficient (Wildman–Crippen LogP) is 2.83. The number of benzene rings is 2. The first-order valence-corrected chi connectivity index (χ1v) is 10.2. The van der Waals surface area contributed by atoms with Crippen molar-refractivity contribution in [3.63, 3.8) is 0 Å². The van der Waals surface area contributed by atoms with Crippen LogP contribution in [0.15, 0.2) is 42.0 Å². The lowest BCUT2D eigenvalue weighted by atomic mass is 9.94. The summed E-state index contributed by atoms with van der Waals surface area (Å²) in [5, 5.41) is 11.1. The first kappa shape index (κ1) is 24.1. The van der Waals surface area contributed by atoms with Gasteiger partial charge in [-0.3, -0.25) is 9.59 Å². The van der Waals surface area contributed by atoms with Crippen molar-refractivity contribution in [1.82, 2.24) is 9.80 Å². The van der Waals surface area contributed by atoms with E-state index in [1.165, 1.54) is 38.4 Å². The maximum absolute atomic E-state index is 14.3. The second kappa shape index (κ2) is 9.91. The van der Waals surface area contributed by atoms with E-state index in [-0.39, 0.29) is 23.4 Å². The van der Waals surface area contributed by atoms with E-state index in [2.05, 4.69) is 0 Å². The molecule has 1 amide bonds. The largest absolute Gasteiger partial charge is 0.507 e. The number of rotatable bonds is 8. The summed E-state index contributed by atoms with van der Waals surface area (Å²) in [6.07, 6.45) is 0. The topological polar surface area (TPSA) is 88.5 Å². The molecule has 1 heterocycles. The second-order valence-corrected chi connectivity index (χ2v) is 7.75. The molecule has 1 aliphatic heterocycles. The van der Waals surface area contributed by atoms with Crippen LogP contribution in [0.3, 0.4) is 0 Å². The van der Waals surface area contributed by atoms with Crippen LogP contribution in [0.25, 0.3) is 5.76 Å². The minimum atomic E-state index is -0.934. The summed E-state index contributed by atoms with van der Waals surface area (Å²) in [6, 6.07) is 7.88. The van der Waals surface area contributed by atoms with Crippen LogP contribution >= 0.6 is 0 Å². The van der Waals surface area contributed by atoms with Gasteiger partial charge in [0.05, 0.1) is 32.9 Å². The summed E-state index contributed by atoms with van der Waals surface area (Å²) < 4.78 is 30.0. The number of ether oxygens (including phenoxy) is 3. The summed E-state index contributed by atoms with van der Waals surface area (Å²) in [5.74, 6) is -1.90. The normalized spacial score (nSPS) is 17.5. The van der Waals surface area contributed by atoms with Gasteiger partial charge in [0.15, 0.2) is 11.6 Å². The SMILES string of the molecule is COc1ccc([C@H]2/C(=C(\O)c3ccc(OC)c(F)c3)C(=O)C(=O)N2CCN(C)C)c(OC)c1. The van der Waals surface area contributed by atoms with E-state index in [0.29, 0.717) is 23.6 Å². The van der Waals surface area contributed by atoms with Crippen LogP contribution in [-0.4, -0.2) is 75.1 Å². The van der Waals surface area contributed by atoms with Gasteiger partial charge in [-0.2, -0.15) is 0 Å². The van der Waals surface area contributed by atoms with Gasteiger partial charge >= 0.3 is 0 Å². The van der Waals surface area contributed by atoms with Gasteiger partial charge in [0.25, 0.3) is 11.7 Å². The molecule has 33 heavy (non-hydrogen) atoms. The number of hydrogen-bond acceptors (Lipinski definition) is 7. The first-order chi connectivity index (χ1) is 15.7. The summed E-state index contributed by atoms with van der Waals surface area (Å²) in [5.41, 5.74) is 0.398. The number of hydrogen-bond donors (Lipinski definition) is 1. The van der Waals surface area contributed by atoms with Crippen LogP contribution in [0.2, 0.25) is 0 Å². The Morgan fingerprint density at radius 2 is 1.73 bits per heavy atom. The van der Waals surface area contributed by atoms with Gasteiger partial charge in [-0.1, -0.05) is 0 Å². The summed E-state index contributed by atoms with van der Waals surface area (Å²) in [7, 11) is 7.99. The number of ketones is 1. The van der Waals surface area contributed by atoms with Crippen LogP contribution in [0.1, 0.15) is 17.2 Å². The lowest BCUT2D eigenvalue weighted by Gasteiger charge is -2.27. The van der Waals surface area contributed by atoms with Crippen molar-refractivity contribution in [1.29, 1.82) is 0 Å². The molecule has 0 spiro atoms. The number of aliphatic hydroxyl groups is 1. The van der Waals surface area contributed by atoms with Gasteiger partial charge in [0.1, 0.15) is 17.3 Å². The molecule has 2 aromatic carbocycles. The molecule has 9 heteroatoms. The highest BCUT2D eigenvalue weighted by Gasteiger charge is 2.47. The van der Waals surface area contributed by atoms with Crippen LogP contribution in [0.5, 0.6) is 17.2 Å². The van der Waals surface area contributed by atoms with Crippen molar-refractivity contribution < 1.29 is 33.3 Å². The molecule has 0 bridgehead atoms. The Balaban J connectivity index is 2.22. The van der Waals surface area contributed by atoms with Crippen molar-refractivity contribution in [2.45, 2.75) is 6.04 Å². The average Bonchev–Trinajstić information content (AvgIpc) is 3.06. The molecule has 2 aromatic rings. The highest BCUT2D eigenvalue weighted by molar-refractivity contribution is 6.46. The van der Waals surface area contributed by atoms with E-state index in [9.17, 15) is 19.1 Å². The Kier molecular flexibility index (Phi) is 7.23. The number of methoxy groups -OCH3 is 3. The molecule has 176 valence electrons. The lowest BCUT2D eigenvalue weighted by Crippen LogP contribution is -2.35. The van der Waals surface area contributed by atoms with Crippen LogP contribution in [-0.2, 0) is 9.59 Å². The van der Waals surface area contributed by atoms with Gasteiger partial charge in [0, 0.05) is 30.3 Å². The molecular formula is C24H27FN2O6. The van der Waals surface area contributed by atoms with Crippen molar-refractivity contribution in [2.75, 3.05) is 48.5 Å². The number of Topliss-reactive ketones (excluding diaryl/α,β-unsaturated/α-hetero) is 1. The molecule has 3 rings (SSSR count). The van der Waals surface area contributed by atoms with Gasteiger partial charge in [-0.15, -0.1) is 0 Å². The van der Waals surface area contributed by atoms with E-state index in [0.717, 1.165) is 6.07 Å². The molecule has 1 aliphatic rings. The molecule has 0 aliphatic carbocycles. The molecular weight excluding hydrogens is 431 g/mol. The molecule has 0 unspecified atom stereocenters. The molecule has 0 saturated carbocycles. The number of likely N-dealkylation sites (N-methyl/N-ethyl adjacent to an activating group) is 1. The van der Waals surface area contributed by atoms with Crippen LogP contribution in [0.4, 0.5) is 4.39 Å². The third kappa shape index (κ3) is 4.63. The number of nitrogens with zero attached hydrogens (tertiary/aromatic N) is 2. The second-order valence-electron chi connectivity index (χ2n) is 7.75. The van der Waals surface area contributed by atoms with Gasteiger partial charge in [-0.25, -0.2) is 4.39 Å². The third-order valence-electron chi connectivity index (χ3n) is 5.49. The minimum Gasteiger partial charge on any atom is -0.507 e. The maximum atomic E-state index is 14.3. The van der Waals surface area contributed by atoms with Gasteiger partial charge in [0.2, 0.25) is 0 Å². The molecule has 1 saturated heterocycles. The number of carbonyl (C=O) groups excluding carboxylic acids is 2. The zero-order valence-electron chi connectivity index (χ0n) is 19.2. The number of amides is 1. The van der Waals surface area contributed by atoms with Crippen LogP contribution < -0.4 is 14.2 Å². The zero-order chi connectivity index (χ0) is 24.3. The molecule has 1 atom stereocenters. The molecule has 0 radical (unpaired) electrons. The van der Waals surface area contributed by atoms with Crippen molar-refractivity contribution in [3.8, 4) is 17.2 Å². The predicted molar refractivity (Wildman–Crippen MR) is 120 cm³/mol. The smallest absolute Gasteiger partial charge is 0.295 e. The van der Waals surface area contributed by atoms with Crippen molar-refractivity contribution >= 4 is 17.4 Å². The molecule has 1 fully saturated rings. The van der Waals surface area contributed by atoms with E-state index in [1.807, 2.05) is 19.0 Å². The van der Waals surface area contributed by atoms with E-state index >= 15 is 0 Å². The highest BCUT2D eigenvalue weighted by Crippen LogP contribution is 2.43. The quantitative estimate of drug-likeness (QED) is 0.370. The summed E-state index contributed by atoms with van der Waals surface area (Å²) >= 11 is 0. The lowest BCUT2D eigenvalue weighted by molar-refractivity contribution is -0.140. The summed E-state index contributed by atoms with van der Waals surface area (Å²) in [6.45, 7) is 0.713. The Morgan fingerprint density at radius 1 is 1.03 bits per heavy atom. The highest BCUT2D eigenvalue weighted by atomic mass is 19.1. The number of likely N-dealkylation sites (tertiary alicyclic amines) is 1. The van der Waals surface area contributed by atoms with Crippen LogP contribution in [0, 0.1) is 5.82 Å². The van der Waals surface area contributed by atoms with Gasteiger partial charge < -0.3 is 29.1 Å². The monoisotopic (exact) mass is 458 g/mol. The Morgan fingerprint density at radius 3 is 2.30 bits per heavy atom. The van der Waals surface area contributed by atoms with Crippen molar-refractivity contribution in [2.24, 2.45) is 0 Å². The average molecular weight is 458 g/mol. The molecule has 1 N–H and O–H groups in total. The maximum Gasteiger partial charge on any atom is 0.295 e. The van der Waals surface area contributed by atoms with E-state index < -0.39 is 29.3 Å². The Hall–Kier alpha value is -3.59.